The van der Waals surface area contributed by atoms with Gasteiger partial charge in [0.2, 0.25) is 5.91 Å². The third-order valence-corrected chi connectivity index (χ3v) is 3.96. The Morgan fingerprint density at radius 1 is 1.05 bits per heavy atom. The zero-order chi connectivity index (χ0) is 15.1. The van der Waals surface area contributed by atoms with Crippen LogP contribution in [-0.4, -0.2) is 31.0 Å². The van der Waals surface area contributed by atoms with E-state index in [1.807, 2.05) is 0 Å². The van der Waals surface area contributed by atoms with Gasteiger partial charge in [0.1, 0.15) is 0 Å². The van der Waals surface area contributed by atoms with E-state index in [2.05, 4.69) is 28.2 Å². The zero-order valence-electron chi connectivity index (χ0n) is 13.3. The number of unbranched alkanes of at least 4 members (excludes halogenated alkanes) is 8. The van der Waals surface area contributed by atoms with Crippen molar-refractivity contribution in [1.29, 1.82) is 0 Å². The summed E-state index contributed by atoms with van der Waals surface area (Å²) in [7, 11) is 1.67. The minimum absolute atomic E-state index is 0.161. The van der Waals surface area contributed by atoms with Gasteiger partial charge in [-0.3, -0.25) is 4.79 Å². The molecular weight excluding hydrogens is 318 g/mol. The van der Waals surface area contributed by atoms with Gasteiger partial charge in [0.25, 0.3) is 0 Å². The lowest BCUT2D eigenvalue weighted by atomic mass is 10.1. The second-order valence-corrected chi connectivity index (χ2v) is 6.73. The minimum atomic E-state index is 0.161. The highest BCUT2D eigenvalue weighted by atomic mass is 79.9. The number of nitrogens with one attached hydrogen (secondary N) is 1. The van der Waals surface area contributed by atoms with Crippen LogP contribution in [0.25, 0.3) is 0 Å². The molecule has 1 N–H and O–H groups in total. The molecule has 4 heteroatoms. The molecule has 0 aliphatic carbocycles. The summed E-state index contributed by atoms with van der Waals surface area (Å²) in [4.78, 5) is 11.8. The Balaban J connectivity index is 3.23. The first-order chi connectivity index (χ1) is 9.70. The fourth-order valence-electron chi connectivity index (χ4n) is 2.15. The molecule has 0 bridgehead atoms. The van der Waals surface area contributed by atoms with Crippen molar-refractivity contribution in [3.63, 3.8) is 0 Å². The number of hydrogen-bond donors (Lipinski definition) is 1. The van der Waals surface area contributed by atoms with Gasteiger partial charge in [-0.05, 0) is 6.42 Å². The van der Waals surface area contributed by atoms with E-state index in [9.17, 15) is 4.79 Å². The molecule has 0 saturated heterocycles. The lowest BCUT2D eigenvalue weighted by Crippen LogP contribution is -2.31. The van der Waals surface area contributed by atoms with Gasteiger partial charge in [-0.25, -0.2) is 0 Å². The summed E-state index contributed by atoms with van der Waals surface area (Å²) in [5.74, 6) is 0.161. The van der Waals surface area contributed by atoms with Gasteiger partial charge in [0.05, 0.1) is 11.4 Å². The van der Waals surface area contributed by atoms with Crippen molar-refractivity contribution in [1.82, 2.24) is 5.32 Å². The van der Waals surface area contributed by atoms with Gasteiger partial charge >= 0.3 is 0 Å². The van der Waals surface area contributed by atoms with E-state index in [0.29, 0.717) is 19.6 Å². The van der Waals surface area contributed by atoms with Gasteiger partial charge in [-0.2, -0.15) is 0 Å². The molecule has 0 heterocycles. The standard InChI is InChI=1S/C16H32BrNO2/c1-3-4-5-6-7-8-9-10-11-12-16(19)18-13-15(17)14-20-2/h15H,3-14H2,1-2H3,(H,18,19). The maximum atomic E-state index is 11.6. The molecule has 0 rings (SSSR count). The van der Waals surface area contributed by atoms with Gasteiger partial charge in [0, 0.05) is 20.1 Å². The van der Waals surface area contributed by atoms with Crippen LogP contribution in [0.4, 0.5) is 0 Å². The number of halogens is 1. The number of carbonyl (C=O) groups is 1. The van der Waals surface area contributed by atoms with Crippen molar-refractivity contribution in [2.24, 2.45) is 0 Å². The average Bonchev–Trinajstić information content (AvgIpc) is 2.43. The summed E-state index contributed by atoms with van der Waals surface area (Å²) < 4.78 is 5.00. The first-order valence-electron chi connectivity index (χ1n) is 8.10. The van der Waals surface area contributed by atoms with Crippen molar-refractivity contribution in [3.8, 4) is 0 Å². The van der Waals surface area contributed by atoms with Crippen molar-refractivity contribution in [3.05, 3.63) is 0 Å². The molecule has 20 heavy (non-hydrogen) atoms. The topological polar surface area (TPSA) is 38.3 Å². The van der Waals surface area contributed by atoms with Gasteiger partial charge in [-0.1, -0.05) is 74.2 Å². The highest BCUT2D eigenvalue weighted by molar-refractivity contribution is 9.09. The van der Waals surface area contributed by atoms with Crippen LogP contribution in [0.15, 0.2) is 0 Å². The first-order valence-corrected chi connectivity index (χ1v) is 9.02. The summed E-state index contributed by atoms with van der Waals surface area (Å²) >= 11 is 3.45. The van der Waals surface area contributed by atoms with Crippen LogP contribution >= 0.6 is 15.9 Å². The fraction of sp³-hybridized carbons (Fsp3) is 0.938. The molecule has 0 aromatic carbocycles. The molecular formula is C16H32BrNO2. The molecule has 0 aliphatic rings. The van der Waals surface area contributed by atoms with Crippen LogP contribution in [-0.2, 0) is 9.53 Å². The predicted octanol–water partition coefficient (Wildman–Crippen LogP) is 4.43. The number of methoxy groups -OCH3 is 1. The number of hydrogen-bond acceptors (Lipinski definition) is 2. The maximum Gasteiger partial charge on any atom is 0.220 e. The molecule has 0 aliphatic heterocycles. The summed E-state index contributed by atoms with van der Waals surface area (Å²) in [6, 6.07) is 0. The van der Waals surface area contributed by atoms with Gasteiger partial charge in [-0.15, -0.1) is 0 Å². The molecule has 0 aromatic heterocycles. The molecule has 0 saturated carbocycles. The fourth-order valence-corrected chi connectivity index (χ4v) is 2.58. The van der Waals surface area contributed by atoms with Crippen molar-refractivity contribution >= 4 is 21.8 Å². The van der Waals surface area contributed by atoms with Crippen LogP contribution in [0.3, 0.4) is 0 Å². The molecule has 0 radical (unpaired) electrons. The third-order valence-electron chi connectivity index (χ3n) is 3.38. The van der Waals surface area contributed by atoms with Crippen molar-refractivity contribution in [2.75, 3.05) is 20.3 Å². The minimum Gasteiger partial charge on any atom is -0.383 e. The molecule has 0 fully saturated rings. The van der Waals surface area contributed by atoms with Crippen LogP contribution in [0.2, 0.25) is 0 Å². The molecule has 120 valence electrons. The highest BCUT2D eigenvalue weighted by Gasteiger charge is 2.06. The Hall–Kier alpha value is -0.0900. The predicted molar refractivity (Wildman–Crippen MR) is 89.4 cm³/mol. The van der Waals surface area contributed by atoms with Crippen molar-refractivity contribution in [2.45, 2.75) is 76.0 Å². The van der Waals surface area contributed by atoms with E-state index in [1.54, 1.807) is 7.11 Å². The van der Waals surface area contributed by atoms with E-state index in [1.165, 1.54) is 51.4 Å². The Morgan fingerprint density at radius 2 is 1.60 bits per heavy atom. The van der Waals surface area contributed by atoms with E-state index in [4.69, 9.17) is 4.74 Å². The van der Waals surface area contributed by atoms with E-state index in [0.717, 1.165) is 6.42 Å². The summed E-state index contributed by atoms with van der Waals surface area (Å²) in [6.45, 7) is 3.51. The lowest BCUT2D eigenvalue weighted by molar-refractivity contribution is -0.121. The largest absolute Gasteiger partial charge is 0.383 e. The quantitative estimate of drug-likeness (QED) is 0.372. The smallest absolute Gasteiger partial charge is 0.220 e. The molecule has 0 aromatic rings. The average molecular weight is 350 g/mol. The van der Waals surface area contributed by atoms with Crippen LogP contribution in [0, 0.1) is 0 Å². The normalized spacial score (nSPS) is 12.3. The second kappa shape index (κ2) is 15.3. The van der Waals surface area contributed by atoms with Gasteiger partial charge in [0.15, 0.2) is 0 Å². The van der Waals surface area contributed by atoms with E-state index >= 15 is 0 Å². The van der Waals surface area contributed by atoms with E-state index < -0.39 is 0 Å². The first kappa shape index (κ1) is 19.9. The molecule has 0 spiro atoms. The molecule has 1 atom stereocenters. The van der Waals surface area contributed by atoms with Crippen LogP contribution in [0.5, 0.6) is 0 Å². The van der Waals surface area contributed by atoms with Crippen molar-refractivity contribution < 1.29 is 9.53 Å². The molecule has 3 nitrogen and oxygen atoms in total. The van der Waals surface area contributed by atoms with Gasteiger partial charge < -0.3 is 10.1 Å². The number of alkyl halides is 1. The lowest BCUT2D eigenvalue weighted by Gasteiger charge is -2.10. The van der Waals surface area contributed by atoms with E-state index in [-0.39, 0.29) is 10.7 Å². The molecule has 1 unspecified atom stereocenters. The maximum absolute atomic E-state index is 11.6. The second-order valence-electron chi connectivity index (χ2n) is 5.44. The Labute approximate surface area is 133 Å². The Bertz CT molecular complexity index is 225. The summed E-state index contributed by atoms with van der Waals surface area (Å²) in [6.07, 6.45) is 12.2. The number of rotatable bonds is 14. The SMILES string of the molecule is CCCCCCCCCCCC(=O)NCC(Br)COC. The molecule has 1 amide bonds. The third kappa shape index (κ3) is 14.3. The summed E-state index contributed by atoms with van der Waals surface area (Å²) in [5, 5.41) is 2.93. The zero-order valence-corrected chi connectivity index (χ0v) is 14.8. The number of carbonyl (C=O) groups excluding carboxylic acids is 1. The number of amides is 1. The monoisotopic (exact) mass is 349 g/mol. The Morgan fingerprint density at radius 3 is 2.15 bits per heavy atom. The van der Waals surface area contributed by atoms with Crippen LogP contribution in [0.1, 0.15) is 71.1 Å². The van der Waals surface area contributed by atoms with Crippen LogP contribution < -0.4 is 5.32 Å². The Kier molecular flexibility index (Phi) is 15.2. The highest BCUT2D eigenvalue weighted by Crippen LogP contribution is 2.10. The summed E-state index contributed by atoms with van der Waals surface area (Å²) in [5.41, 5.74) is 0. The number of ether oxygens (including phenoxy) is 1.